The summed E-state index contributed by atoms with van der Waals surface area (Å²) in [5, 5.41) is 14.5. The van der Waals surface area contributed by atoms with E-state index < -0.39 is 12.1 Å². The quantitative estimate of drug-likeness (QED) is 0.381. The Bertz CT molecular complexity index is 1200. The maximum Gasteiger partial charge on any atom is 0.407 e. The minimum Gasteiger partial charge on any atom is -0.478 e. The summed E-state index contributed by atoms with van der Waals surface area (Å²) < 4.78 is 5.47. The summed E-state index contributed by atoms with van der Waals surface area (Å²) in [6.07, 6.45) is -0.0981. The van der Waals surface area contributed by atoms with Gasteiger partial charge in [-0.3, -0.25) is 4.79 Å². The number of hydrogen-bond acceptors (Lipinski definition) is 4. The van der Waals surface area contributed by atoms with Gasteiger partial charge in [0.1, 0.15) is 12.2 Å². The Morgan fingerprint density at radius 3 is 2.21 bits per heavy atom. The standard InChI is InChI=1S/C26H23ClN2O5/c27-21-11-5-12-22(24(21)25(31)32)29-23(30)13-6-14-28-26(33)34-15-20-18-9-3-1-7-16(18)17-8-2-4-10-19(17)20/h1-5,7-12,20H,6,13-15H2,(H,28,33)(H,29,30)(H,31,32). The lowest BCUT2D eigenvalue weighted by molar-refractivity contribution is -0.116. The van der Waals surface area contributed by atoms with Gasteiger partial charge >= 0.3 is 12.1 Å². The SMILES string of the molecule is O=C(CCCNC(=O)OCC1c2ccccc2-c2ccccc21)Nc1cccc(Cl)c1C(=O)O. The van der Waals surface area contributed by atoms with Crippen LogP contribution in [-0.4, -0.2) is 36.2 Å². The Kier molecular flexibility index (Phi) is 7.13. The highest BCUT2D eigenvalue weighted by Crippen LogP contribution is 2.44. The zero-order valence-electron chi connectivity index (χ0n) is 18.2. The molecule has 3 aromatic carbocycles. The van der Waals surface area contributed by atoms with Gasteiger partial charge in [-0.15, -0.1) is 0 Å². The third-order valence-electron chi connectivity index (χ3n) is 5.70. The molecule has 0 atom stereocenters. The lowest BCUT2D eigenvalue weighted by Crippen LogP contribution is -2.27. The smallest absolute Gasteiger partial charge is 0.407 e. The van der Waals surface area contributed by atoms with Crippen LogP contribution in [0.2, 0.25) is 5.02 Å². The topological polar surface area (TPSA) is 105 Å². The molecule has 0 saturated heterocycles. The van der Waals surface area contributed by atoms with Gasteiger partial charge in [-0.25, -0.2) is 9.59 Å². The second kappa shape index (κ2) is 10.4. The van der Waals surface area contributed by atoms with Crippen molar-refractivity contribution in [1.29, 1.82) is 0 Å². The fraction of sp³-hybridized carbons (Fsp3) is 0.192. The zero-order valence-corrected chi connectivity index (χ0v) is 19.0. The molecule has 0 unspecified atom stereocenters. The normalized spacial score (nSPS) is 11.9. The molecule has 0 radical (unpaired) electrons. The average Bonchev–Trinajstić information content (AvgIpc) is 3.14. The van der Waals surface area contributed by atoms with E-state index in [0.717, 1.165) is 22.3 Å². The molecular weight excluding hydrogens is 456 g/mol. The summed E-state index contributed by atoms with van der Waals surface area (Å²) in [6, 6.07) is 20.7. The van der Waals surface area contributed by atoms with Crippen molar-refractivity contribution in [3.8, 4) is 11.1 Å². The van der Waals surface area contributed by atoms with E-state index in [2.05, 4.69) is 34.9 Å². The van der Waals surface area contributed by atoms with Crippen LogP contribution < -0.4 is 10.6 Å². The number of carboxylic acids is 1. The fourth-order valence-electron chi connectivity index (χ4n) is 4.15. The van der Waals surface area contributed by atoms with Crippen molar-refractivity contribution in [2.45, 2.75) is 18.8 Å². The Morgan fingerprint density at radius 1 is 0.912 bits per heavy atom. The second-order valence-electron chi connectivity index (χ2n) is 7.87. The molecule has 4 rings (SSSR count). The number of anilines is 1. The van der Waals surface area contributed by atoms with Crippen molar-refractivity contribution in [3.63, 3.8) is 0 Å². The number of benzene rings is 3. The molecule has 3 N–H and O–H groups in total. The molecule has 174 valence electrons. The molecule has 0 fully saturated rings. The molecule has 0 aromatic heterocycles. The van der Waals surface area contributed by atoms with Crippen LogP contribution in [-0.2, 0) is 9.53 Å². The summed E-state index contributed by atoms with van der Waals surface area (Å²) >= 11 is 5.91. The van der Waals surface area contributed by atoms with E-state index in [1.54, 1.807) is 6.07 Å². The Morgan fingerprint density at radius 2 is 1.56 bits per heavy atom. The van der Waals surface area contributed by atoms with E-state index in [-0.39, 0.29) is 47.7 Å². The van der Waals surface area contributed by atoms with Crippen LogP contribution >= 0.6 is 11.6 Å². The molecule has 0 spiro atoms. The largest absolute Gasteiger partial charge is 0.478 e. The minimum atomic E-state index is -1.22. The van der Waals surface area contributed by atoms with Crippen molar-refractivity contribution in [2.75, 3.05) is 18.5 Å². The van der Waals surface area contributed by atoms with Crippen molar-refractivity contribution in [2.24, 2.45) is 0 Å². The van der Waals surface area contributed by atoms with Gasteiger partial charge in [0.25, 0.3) is 0 Å². The number of carbonyl (C=O) groups excluding carboxylic acids is 2. The number of carbonyl (C=O) groups is 3. The first kappa shape index (κ1) is 23.3. The molecule has 1 aliphatic carbocycles. The van der Waals surface area contributed by atoms with E-state index >= 15 is 0 Å². The number of halogens is 1. The predicted octanol–water partition coefficient (Wildman–Crippen LogP) is 5.30. The van der Waals surface area contributed by atoms with Crippen molar-refractivity contribution in [1.82, 2.24) is 5.32 Å². The molecule has 0 aliphatic heterocycles. The number of fused-ring (bicyclic) bond motifs is 3. The number of amides is 2. The Balaban J connectivity index is 1.23. The van der Waals surface area contributed by atoms with Gasteiger partial charge in [0.05, 0.1) is 10.7 Å². The summed E-state index contributed by atoms with van der Waals surface area (Å²) in [7, 11) is 0. The van der Waals surface area contributed by atoms with Gasteiger partial charge in [0.2, 0.25) is 5.91 Å². The van der Waals surface area contributed by atoms with Crippen LogP contribution in [0.3, 0.4) is 0 Å². The summed E-state index contributed by atoms with van der Waals surface area (Å²) in [4.78, 5) is 35.7. The van der Waals surface area contributed by atoms with Gasteiger partial charge in [0.15, 0.2) is 0 Å². The van der Waals surface area contributed by atoms with Crippen molar-refractivity contribution < 1.29 is 24.2 Å². The number of nitrogens with one attached hydrogen (secondary N) is 2. The van der Waals surface area contributed by atoms with Gasteiger partial charge < -0.3 is 20.5 Å². The van der Waals surface area contributed by atoms with Crippen LogP contribution in [0.4, 0.5) is 10.5 Å². The molecule has 34 heavy (non-hydrogen) atoms. The molecule has 0 bridgehead atoms. The minimum absolute atomic E-state index is 0.0231. The Hall–Kier alpha value is -3.84. The molecule has 3 aromatic rings. The van der Waals surface area contributed by atoms with Crippen LogP contribution in [0.1, 0.15) is 40.2 Å². The molecule has 0 heterocycles. The lowest BCUT2D eigenvalue weighted by atomic mass is 9.98. The number of carboxylic acid groups (broad SMARTS) is 1. The number of alkyl carbamates (subject to hydrolysis) is 1. The van der Waals surface area contributed by atoms with E-state index in [1.165, 1.54) is 12.1 Å². The average molecular weight is 479 g/mol. The summed E-state index contributed by atoms with van der Waals surface area (Å²) in [5.41, 5.74) is 4.56. The van der Waals surface area contributed by atoms with Gasteiger partial charge in [-0.05, 0) is 40.8 Å². The number of aromatic carboxylic acids is 1. The highest BCUT2D eigenvalue weighted by Gasteiger charge is 2.29. The highest BCUT2D eigenvalue weighted by molar-refractivity contribution is 6.34. The third-order valence-corrected chi connectivity index (χ3v) is 6.01. The summed E-state index contributed by atoms with van der Waals surface area (Å²) in [6.45, 7) is 0.457. The lowest BCUT2D eigenvalue weighted by Gasteiger charge is -2.14. The maximum absolute atomic E-state index is 12.2. The monoisotopic (exact) mass is 478 g/mol. The van der Waals surface area contributed by atoms with Gasteiger partial charge in [-0.2, -0.15) is 0 Å². The fourth-order valence-corrected chi connectivity index (χ4v) is 4.40. The molecule has 0 saturated carbocycles. The zero-order chi connectivity index (χ0) is 24.1. The first-order chi connectivity index (χ1) is 16.5. The second-order valence-corrected chi connectivity index (χ2v) is 8.28. The van der Waals surface area contributed by atoms with Gasteiger partial charge in [0, 0.05) is 18.9 Å². The first-order valence-electron chi connectivity index (χ1n) is 10.9. The molecule has 2 amide bonds. The van der Waals surface area contributed by atoms with E-state index in [1.807, 2.05) is 24.3 Å². The number of hydrogen-bond donors (Lipinski definition) is 3. The van der Waals surface area contributed by atoms with Crippen molar-refractivity contribution in [3.05, 3.63) is 88.4 Å². The van der Waals surface area contributed by atoms with Crippen LogP contribution in [0.25, 0.3) is 11.1 Å². The highest BCUT2D eigenvalue weighted by atomic mass is 35.5. The molecule has 8 heteroatoms. The van der Waals surface area contributed by atoms with E-state index in [4.69, 9.17) is 16.3 Å². The predicted molar refractivity (Wildman–Crippen MR) is 129 cm³/mol. The van der Waals surface area contributed by atoms with Crippen molar-refractivity contribution >= 4 is 35.3 Å². The van der Waals surface area contributed by atoms with Crippen LogP contribution in [0.5, 0.6) is 0 Å². The molecular formula is C26H23ClN2O5. The van der Waals surface area contributed by atoms with Gasteiger partial charge in [-0.1, -0.05) is 66.2 Å². The van der Waals surface area contributed by atoms with Crippen LogP contribution in [0, 0.1) is 0 Å². The van der Waals surface area contributed by atoms with Crippen LogP contribution in [0.15, 0.2) is 66.7 Å². The number of ether oxygens (including phenoxy) is 1. The molecule has 1 aliphatic rings. The number of rotatable bonds is 8. The molecule has 7 nitrogen and oxygen atoms in total. The van der Waals surface area contributed by atoms with E-state index in [9.17, 15) is 19.5 Å². The third kappa shape index (κ3) is 5.05. The summed E-state index contributed by atoms with van der Waals surface area (Å²) in [5.74, 6) is -1.62. The Labute approximate surface area is 201 Å². The first-order valence-corrected chi connectivity index (χ1v) is 11.2. The van der Waals surface area contributed by atoms with E-state index in [0.29, 0.717) is 6.42 Å². The maximum atomic E-state index is 12.2.